The van der Waals surface area contributed by atoms with Crippen molar-refractivity contribution in [1.29, 1.82) is 0 Å². The van der Waals surface area contributed by atoms with Gasteiger partial charge in [-0.1, -0.05) is 17.7 Å². The fourth-order valence-corrected chi connectivity index (χ4v) is 4.03. The van der Waals surface area contributed by atoms with Gasteiger partial charge < -0.3 is 10.2 Å². The second kappa shape index (κ2) is 9.60. The van der Waals surface area contributed by atoms with Gasteiger partial charge in [-0.05, 0) is 56.2 Å². The van der Waals surface area contributed by atoms with Gasteiger partial charge in [0.1, 0.15) is 6.04 Å². The summed E-state index contributed by atoms with van der Waals surface area (Å²) < 4.78 is 0. The minimum atomic E-state index is -0.444. The highest BCUT2D eigenvalue weighted by Crippen LogP contribution is 2.29. The maximum atomic E-state index is 13.1. The molecule has 5 nitrogen and oxygen atoms in total. The molecule has 0 aromatic heterocycles. The lowest BCUT2D eigenvalue weighted by Crippen LogP contribution is -2.55. The number of aryl methyl sites for hydroxylation is 1. The van der Waals surface area contributed by atoms with Crippen molar-refractivity contribution in [2.45, 2.75) is 32.2 Å². The lowest BCUT2D eigenvalue weighted by Gasteiger charge is -2.36. The van der Waals surface area contributed by atoms with Gasteiger partial charge in [-0.25, -0.2) is 0 Å². The van der Waals surface area contributed by atoms with Gasteiger partial charge in [-0.15, -0.1) is 0 Å². The number of carbonyl (C=O) groups excluding carboxylic acids is 2. The van der Waals surface area contributed by atoms with E-state index < -0.39 is 6.04 Å². The van der Waals surface area contributed by atoms with E-state index in [9.17, 15) is 9.59 Å². The molecule has 6 heteroatoms. The van der Waals surface area contributed by atoms with Crippen molar-refractivity contribution in [3.8, 4) is 0 Å². The smallest absolute Gasteiger partial charge is 0.251 e. The summed E-state index contributed by atoms with van der Waals surface area (Å²) in [4.78, 5) is 30.1. The number of rotatable bonds is 8. The fraction of sp³-hybridized carbons (Fsp3) is 0.619. The lowest BCUT2D eigenvalue weighted by atomic mass is 10.1. The van der Waals surface area contributed by atoms with E-state index in [2.05, 4.69) is 10.2 Å². The maximum Gasteiger partial charge on any atom is 0.251 e. The van der Waals surface area contributed by atoms with Crippen LogP contribution in [-0.2, 0) is 4.79 Å². The van der Waals surface area contributed by atoms with Crippen molar-refractivity contribution >= 4 is 23.6 Å². The molecule has 1 atom stereocenters. The number of benzene rings is 1. The molecule has 148 valence electrons. The summed E-state index contributed by atoms with van der Waals surface area (Å²) in [5.74, 6) is 1.64. The molecule has 1 aromatic carbocycles. The van der Waals surface area contributed by atoms with Crippen LogP contribution >= 0.6 is 11.8 Å². The Morgan fingerprint density at radius 3 is 2.59 bits per heavy atom. The highest BCUT2D eigenvalue weighted by Gasteiger charge is 2.30. The SMILES string of the molecule is CSCCC(NC(=O)c1cccc(C)c1)C(=O)N1CCN(CC2CC2)CC1. The first-order valence-electron chi connectivity index (χ1n) is 9.94. The van der Waals surface area contributed by atoms with Crippen LogP contribution in [0.1, 0.15) is 35.2 Å². The van der Waals surface area contributed by atoms with Crippen molar-refractivity contribution < 1.29 is 9.59 Å². The first-order valence-corrected chi connectivity index (χ1v) is 11.3. The second-order valence-electron chi connectivity index (χ2n) is 7.75. The van der Waals surface area contributed by atoms with Gasteiger partial charge in [0.05, 0.1) is 0 Å². The summed E-state index contributed by atoms with van der Waals surface area (Å²) in [5.41, 5.74) is 1.66. The zero-order valence-electron chi connectivity index (χ0n) is 16.4. The Balaban J connectivity index is 1.57. The summed E-state index contributed by atoms with van der Waals surface area (Å²) >= 11 is 1.70. The third-order valence-electron chi connectivity index (χ3n) is 5.39. The van der Waals surface area contributed by atoms with Crippen molar-refractivity contribution in [3.63, 3.8) is 0 Å². The molecule has 0 spiro atoms. The second-order valence-corrected chi connectivity index (χ2v) is 8.73. The van der Waals surface area contributed by atoms with E-state index in [4.69, 9.17) is 0 Å². The highest BCUT2D eigenvalue weighted by molar-refractivity contribution is 7.98. The molecule has 2 aliphatic rings. The molecule has 27 heavy (non-hydrogen) atoms. The minimum Gasteiger partial charge on any atom is -0.340 e. The minimum absolute atomic E-state index is 0.0659. The first-order chi connectivity index (χ1) is 13.1. The van der Waals surface area contributed by atoms with Gasteiger partial charge in [-0.2, -0.15) is 11.8 Å². The van der Waals surface area contributed by atoms with E-state index in [0.29, 0.717) is 12.0 Å². The number of hydrogen-bond donors (Lipinski definition) is 1. The quantitative estimate of drug-likeness (QED) is 0.742. The van der Waals surface area contributed by atoms with Gasteiger partial charge in [0.25, 0.3) is 5.91 Å². The zero-order chi connectivity index (χ0) is 19.2. The van der Waals surface area contributed by atoms with Gasteiger partial charge in [0.15, 0.2) is 0 Å². The van der Waals surface area contributed by atoms with Gasteiger partial charge >= 0.3 is 0 Å². The first kappa shape index (κ1) is 20.2. The van der Waals surface area contributed by atoms with E-state index in [1.54, 1.807) is 17.8 Å². The van der Waals surface area contributed by atoms with Crippen LogP contribution in [0.3, 0.4) is 0 Å². The summed E-state index contributed by atoms with van der Waals surface area (Å²) in [6, 6.07) is 7.06. The molecule has 1 aromatic rings. The Kier molecular flexibility index (Phi) is 7.19. The normalized spacial score (nSPS) is 19.0. The van der Waals surface area contributed by atoms with Gasteiger partial charge in [-0.3, -0.25) is 14.5 Å². The molecule has 3 rings (SSSR count). The molecule has 1 unspecified atom stereocenters. The van der Waals surface area contributed by atoms with E-state index in [1.165, 1.54) is 19.4 Å². The number of piperazine rings is 1. The maximum absolute atomic E-state index is 13.1. The number of thioether (sulfide) groups is 1. The molecule has 2 amide bonds. The average molecular weight is 390 g/mol. The zero-order valence-corrected chi connectivity index (χ0v) is 17.3. The van der Waals surface area contributed by atoms with Crippen LogP contribution in [0.15, 0.2) is 24.3 Å². The summed E-state index contributed by atoms with van der Waals surface area (Å²) in [6.07, 6.45) is 5.42. The van der Waals surface area contributed by atoms with Crippen LogP contribution in [0.5, 0.6) is 0 Å². The average Bonchev–Trinajstić information content (AvgIpc) is 3.49. The number of carbonyl (C=O) groups is 2. The standard InChI is InChI=1S/C21H31N3O2S/c1-16-4-3-5-18(14-16)20(25)22-19(8-13-27-2)21(26)24-11-9-23(10-12-24)15-17-6-7-17/h3-5,14,17,19H,6-13,15H2,1-2H3,(H,22,25). The molecule has 0 radical (unpaired) electrons. The Bertz CT molecular complexity index is 655. The van der Waals surface area contributed by atoms with Crippen molar-refractivity contribution in [3.05, 3.63) is 35.4 Å². The predicted octanol–water partition coefficient (Wildman–Crippen LogP) is 2.40. The predicted molar refractivity (Wildman–Crippen MR) is 111 cm³/mol. The number of nitrogens with one attached hydrogen (secondary N) is 1. The molecule has 1 N–H and O–H groups in total. The molecule has 1 aliphatic heterocycles. The van der Waals surface area contributed by atoms with Gasteiger partial charge in [0.2, 0.25) is 5.91 Å². The number of amides is 2. The van der Waals surface area contributed by atoms with Crippen molar-refractivity contribution in [2.75, 3.05) is 44.7 Å². The molecule has 1 saturated carbocycles. The molecule has 1 heterocycles. The Morgan fingerprint density at radius 1 is 1.22 bits per heavy atom. The van der Waals surface area contributed by atoms with Crippen LogP contribution < -0.4 is 5.32 Å². The fourth-order valence-electron chi connectivity index (χ4n) is 3.56. The highest BCUT2D eigenvalue weighted by atomic mass is 32.2. The van der Waals surface area contributed by atoms with Crippen LogP contribution in [-0.4, -0.2) is 72.4 Å². The van der Waals surface area contributed by atoms with E-state index in [-0.39, 0.29) is 11.8 Å². The summed E-state index contributed by atoms with van der Waals surface area (Å²) in [6.45, 7) is 6.58. The Hall–Kier alpha value is -1.53. The topological polar surface area (TPSA) is 52.7 Å². The van der Waals surface area contributed by atoms with E-state index >= 15 is 0 Å². The number of nitrogens with zero attached hydrogens (tertiary/aromatic N) is 2. The monoisotopic (exact) mass is 389 g/mol. The third kappa shape index (κ3) is 5.98. The van der Waals surface area contributed by atoms with Crippen LogP contribution in [0.25, 0.3) is 0 Å². The molecule has 1 saturated heterocycles. The molecule has 0 bridgehead atoms. The molecular formula is C21H31N3O2S. The van der Waals surface area contributed by atoms with Crippen molar-refractivity contribution in [2.24, 2.45) is 5.92 Å². The Labute approximate surface area is 166 Å². The lowest BCUT2D eigenvalue weighted by molar-refractivity contribution is -0.135. The summed E-state index contributed by atoms with van der Waals surface area (Å²) in [5, 5.41) is 2.99. The van der Waals surface area contributed by atoms with E-state index in [0.717, 1.165) is 43.4 Å². The largest absolute Gasteiger partial charge is 0.340 e. The molecule has 2 fully saturated rings. The van der Waals surface area contributed by atoms with Crippen LogP contribution in [0.4, 0.5) is 0 Å². The van der Waals surface area contributed by atoms with Crippen LogP contribution in [0.2, 0.25) is 0 Å². The molecule has 1 aliphatic carbocycles. The Morgan fingerprint density at radius 2 is 1.96 bits per heavy atom. The van der Waals surface area contributed by atoms with Gasteiger partial charge in [0, 0.05) is 38.3 Å². The van der Waals surface area contributed by atoms with E-state index in [1.807, 2.05) is 36.3 Å². The van der Waals surface area contributed by atoms with Crippen molar-refractivity contribution in [1.82, 2.24) is 15.1 Å². The number of hydrogen-bond acceptors (Lipinski definition) is 4. The van der Waals surface area contributed by atoms with Crippen LogP contribution in [0, 0.1) is 12.8 Å². The molecular weight excluding hydrogens is 358 g/mol. The summed E-state index contributed by atoms with van der Waals surface area (Å²) in [7, 11) is 0. The third-order valence-corrected chi connectivity index (χ3v) is 6.04.